The van der Waals surface area contributed by atoms with Crippen molar-refractivity contribution in [3.63, 3.8) is 0 Å². The van der Waals surface area contributed by atoms with Gasteiger partial charge in [0.1, 0.15) is 0 Å². The van der Waals surface area contributed by atoms with Crippen molar-refractivity contribution in [2.24, 2.45) is 0 Å². The van der Waals surface area contributed by atoms with Crippen LogP contribution in [0, 0.1) is 6.92 Å². The summed E-state index contributed by atoms with van der Waals surface area (Å²) in [6, 6.07) is 16.7. The Hall–Kier alpha value is -3.47. The molecule has 0 saturated heterocycles. The van der Waals surface area contributed by atoms with E-state index in [0.29, 0.717) is 5.56 Å². The Morgan fingerprint density at radius 3 is 2.64 bits per heavy atom. The van der Waals surface area contributed by atoms with Crippen molar-refractivity contribution < 1.29 is 9.21 Å². The van der Waals surface area contributed by atoms with Gasteiger partial charge in [-0.25, -0.2) is 4.98 Å². The fourth-order valence-corrected chi connectivity index (χ4v) is 2.70. The van der Waals surface area contributed by atoms with Crippen molar-refractivity contribution in [2.45, 2.75) is 6.92 Å². The molecule has 4 rings (SSSR count). The lowest BCUT2D eigenvalue weighted by atomic mass is 10.1. The van der Waals surface area contributed by atoms with Crippen LogP contribution in [0.1, 0.15) is 16.1 Å². The predicted octanol–water partition coefficient (Wildman–Crippen LogP) is 4.45. The van der Waals surface area contributed by atoms with Crippen molar-refractivity contribution >= 4 is 22.5 Å². The minimum Gasteiger partial charge on any atom is -0.443 e. The number of fused-ring (bicyclic) bond motifs is 1. The number of amides is 1. The molecule has 0 saturated carbocycles. The van der Waals surface area contributed by atoms with Crippen LogP contribution in [-0.4, -0.2) is 15.9 Å². The molecular formula is C20H15N3O2. The maximum atomic E-state index is 12.5. The number of anilines is 1. The number of aromatic nitrogens is 2. The third kappa shape index (κ3) is 2.99. The summed E-state index contributed by atoms with van der Waals surface area (Å²) in [5, 5.41) is 3.84. The summed E-state index contributed by atoms with van der Waals surface area (Å²) >= 11 is 0. The SMILES string of the molecule is Cc1ncoc1-c1ccc(NC(=O)c2ccc3ncccc3c2)cc1. The van der Waals surface area contributed by atoms with Crippen LogP contribution in [0.2, 0.25) is 0 Å². The third-order valence-electron chi connectivity index (χ3n) is 4.02. The first kappa shape index (κ1) is 15.1. The summed E-state index contributed by atoms with van der Waals surface area (Å²) in [6.07, 6.45) is 3.16. The summed E-state index contributed by atoms with van der Waals surface area (Å²) in [5.41, 5.74) is 3.94. The second kappa shape index (κ2) is 6.20. The average Bonchev–Trinajstić information content (AvgIpc) is 3.08. The van der Waals surface area contributed by atoms with E-state index in [1.54, 1.807) is 12.3 Å². The second-order valence-corrected chi connectivity index (χ2v) is 5.71. The van der Waals surface area contributed by atoms with Gasteiger partial charge in [-0.05, 0) is 55.5 Å². The molecule has 5 heteroatoms. The number of carbonyl (C=O) groups excluding carboxylic acids is 1. The van der Waals surface area contributed by atoms with Gasteiger partial charge < -0.3 is 9.73 Å². The molecule has 0 aliphatic rings. The average molecular weight is 329 g/mol. The molecule has 2 aromatic carbocycles. The van der Waals surface area contributed by atoms with Gasteiger partial charge in [0.15, 0.2) is 12.2 Å². The number of pyridine rings is 1. The molecule has 25 heavy (non-hydrogen) atoms. The normalized spacial score (nSPS) is 10.8. The highest BCUT2D eigenvalue weighted by Crippen LogP contribution is 2.24. The third-order valence-corrected chi connectivity index (χ3v) is 4.02. The molecule has 1 N–H and O–H groups in total. The standard InChI is InChI=1S/C20H15N3O2/c1-13-19(25-12-22-13)14-4-7-17(8-5-14)23-20(24)16-6-9-18-15(11-16)3-2-10-21-18/h2-12H,1H3,(H,23,24). The summed E-state index contributed by atoms with van der Waals surface area (Å²) in [7, 11) is 0. The van der Waals surface area contributed by atoms with Gasteiger partial charge in [-0.2, -0.15) is 0 Å². The van der Waals surface area contributed by atoms with E-state index >= 15 is 0 Å². The minimum atomic E-state index is -0.158. The minimum absolute atomic E-state index is 0.158. The zero-order valence-corrected chi connectivity index (χ0v) is 13.6. The van der Waals surface area contributed by atoms with E-state index in [1.165, 1.54) is 6.39 Å². The fourth-order valence-electron chi connectivity index (χ4n) is 2.70. The Labute approximate surface area is 144 Å². The van der Waals surface area contributed by atoms with Crippen molar-refractivity contribution in [1.82, 2.24) is 9.97 Å². The predicted molar refractivity (Wildman–Crippen MR) is 96.4 cm³/mol. The Bertz CT molecular complexity index is 1050. The Balaban J connectivity index is 1.54. The van der Waals surface area contributed by atoms with E-state index < -0.39 is 0 Å². The van der Waals surface area contributed by atoms with Crippen LogP contribution in [0.25, 0.3) is 22.2 Å². The highest BCUT2D eigenvalue weighted by atomic mass is 16.3. The smallest absolute Gasteiger partial charge is 0.255 e. The van der Waals surface area contributed by atoms with Gasteiger partial charge in [0.2, 0.25) is 0 Å². The number of aryl methyl sites for hydroxylation is 1. The van der Waals surface area contributed by atoms with E-state index in [2.05, 4.69) is 15.3 Å². The molecule has 0 bridgehead atoms. The van der Waals surface area contributed by atoms with Gasteiger partial charge in [-0.3, -0.25) is 9.78 Å². The first-order valence-electron chi connectivity index (χ1n) is 7.87. The number of rotatable bonds is 3. The Morgan fingerprint density at radius 2 is 1.88 bits per heavy atom. The van der Waals surface area contributed by atoms with E-state index in [9.17, 15) is 4.79 Å². The number of nitrogens with one attached hydrogen (secondary N) is 1. The van der Waals surface area contributed by atoms with Crippen molar-refractivity contribution in [1.29, 1.82) is 0 Å². The van der Waals surface area contributed by atoms with Crippen LogP contribution in [0.3, 0.4) is 0 Å². The Kier molecular flexibility index (Phi) is 3.74. The lowest BCUT2D eigenvalue weighted by molar-refractivity contribution is 0.102. The number of oxazole rings is 1. The maximum absolute atomic E-state index is 12.5. The molecule has 0 fully saturated rings. The number of hydrogen-bond donors (Lipinski definition) is 1. The number of carbonyl (C=O) groups is 1. The molecule has 0 atom stereocenters. The van der Waals surface area contributed by atoms with Gasteiger partial charge in [-0.15, -0.1) is 0 Å². The van der Waals surface area contributed by atoms with Crippen LogP contribution in [0.15, 0.2) is 71.6 Å². The molecule has 1 amide bonds. The molecule has 0 radical (unpaired) electrons. The highest BCUT2D eigenvalue weighted by molar-refractivity contribution is 6.06. The molecule has 0 unspecified atom stereocenters. The molecule has 5 nitrogen and oxygen atoms in total. The van der Waals surface area contributed by atoms with Gasteiger partial charge in [0.25, 0.3) is 5.91 Å². The molecule has 0 aliphatic carbocycles. The lowest BCUT2D eigenvalue weighted by Gasteiger charge is -2.07. The van der Waals surface area contributed by atoms with Crippen molar-refractivity contribution in [3.05, 3.63) is 78.4 Å². The van der Waals surface area contributed by atoms with Crippen LogP contribution in [0.5, 0.6) is 0 Å². The topological polar surface area (TPSA) is 68.0 Å². The molecule has 2 heterocycles. The van der Waals surface area contributed by atoms with Crippen LogP contribution in [-0.2, 0) is 0 Å². The van der Waals surface area contributed by atoms with E-state index in [0.717, 1.165) is 33.6 Å². The van der Waals surface area contributed by atoms with Crippen LogP contribution >= 0.6 is 0 Å². The van der Waals surface area contributed by atoms with E-state index in [4.69, 9.17) is 4.42 Å². The highest BCUT2D eigenvalue weighted by Gasteiger charge is 2.09. The van der Waals surface area contributed by atoms with Gasteiger partial charge in [-0.1, -0.05) is 6.07 Å². The van der Waals surface area contributed by atoms with Crippen molar-refractivity contribution in [3.8, 4) is 11.3 Å². The largest absolute Gasteiger partial charge is 0.443 e. The molecule has 0 aliphatic heterocycles. The molecule has 0 spiro atoms. The van der Waals surface area contributed by atoms with Gasteiger partial charge >= 0.3 is 0 Å². The zero-order valence-electron chi connectivity index (χ0n) is 13.6. The number of benzene rings is 2. The number of nitrogens with zero attached hydrogens (tertiary/aromatic N) is 2. The zero-order chi connectivity index (χ0) is 17.2. The lowest BCUT2D eigenvalue weighted by Crippen LogP contribution is -2.11. The first-order chi connectivity index (χ1) is 12.2. The van der Waals surface area contributed by atoms with Crippen LogP contribution < -0.4 is 5.32 Å². The summed E-state index contributed by atoms with van der Waals surface area (Å²) < 4.78 is 5.38. The quantitative estimate of drug-likeness (QED) is 0.603. The molecule has 122 valence electrons. The summed E-state index contributed by atoms with van der Waals surface area (Å²) in [5.74, 6) is 0.578. The van der Waals surface area contributed by atoms with Crippen molar-refractivity contribution in [2.75, 3.05) is 5.32 Å². The van der Waals surface area contributed by atoms with E-state index in [-0.39, 0.29) is 5.91 Å². The van der Waals surface area contributed by atoms with Crippen LogP contribution in [0.4, 0.5) is 5.69 Å². The summed E-state index contributed by atoms with van der Waals surface area (Å²) in [4.78, 5) is 20.8. The first-order valence-corrected chi connectivity index (χ1v) is 7.87. The Morgan fingerprint density at radius 1 is 1.04 bits per heavy atom. The second-order valence-electron chi connectivity index (χ2n) is 5.71. The molecule has 4 aromatic rings. The molecule has 2 aromatic heterocycles. The monoisotopic (exact) mass is 329 g/mol. The van der Waals surface area contributed by atoms with E-state index in [1.807, 2.05) is 55.5 Å². The van der Waals surface area contributed by atoms with Gasteiger partial charge in [0, 0.05) is 28.4 Å². The fraction of sp³-hybridized carbons (Fsp3) is 0.0500. The number of hydrogen-bond acceptors (Lipinski definition) is 4. The van der Waals surface area contributed by atoms with Gasteiger partial charge in [0.05, 0.1) is 11.2 Å². The molecular weight excluding hydrogens is 314 g/mol. The summed E-state index contributed by atoms with van der Waals surface area (Å²) in [6.45, 7) is 1.89. The maximum Gasteiger partial charge on any atom is 0.255 e.